The Morgan fingerprint density at radius 1 is 1.29 bits per heavy atom. The maximum Gasteiger partial charge on any atom is 0.451 e. The summed E-state index contributed by atoms with van der Waals surface area (Å²) >= 11 is 0. The number of alkyl halides is 3. The van der Waals surface area contributed by atoms with Crippen molar-refractivity contribution in [1.29, 1.82) is 0 Å². The Bertz CT molecular complexity index is 831. The van der Waals surface area contributed by atoms with Crippen molar-refractivity contribution in [1.82, 2.24) is 15.2 Å². The van der Waals surface area contributed by atoms with Crippen molar-refractivity contribution >= 4 is 21.7 Å². The Hall–Kier alpha value is -2.63. The lowest BCUT2D eigenvalue weighted by atomic mass is 10.3. The van der Waals surface area contributed by atoms with Gasteiger partial charge >= 0.3 is 6.18 Å². The number of carbonyl (C=O) groups is 1. The van der Waals surface area contributed by atoms with Crippen LogP contribution in [-0.4, -0.2) is 42.4 Å². The van der Waals surface area contributed by atoms with E-state index in [9.17, 15) is 26.4 Å². The first-order chi connectivity index (χ1) is 11.1. The van der Waals surface area contributed by atoms with Gasteiger partial charge in [0.1, 0.15) is 5.75 Å². The maximum absolute atomic E-state index is 12.3. The highest BCUT2D eigenvalue weighted by Crippen LogP contribution is 2.26. The highest BCUT2D eigenvalue weighted by molar-refractivity contribution is 7.90. The van der Waals surface area contributed by atoms with E-state index in [1.807, 2.05) is 5.32 Å². The van der Waals surface area contributed by atoms with Crippen LogP contribution in [0.3, 0.4) is 0 Å². The van der Waals surface area contributed by atoms with Crippen LogP contribution in [0.1, 0.15) is 5.82 Å². The second-order valence-corrected chi connectivity index (χ2v) is 6.60. The van der Waals surface area contributed by atoms with E-state index in [0.717, 1.165) is 6.26 Å². The quantitative estimate of drug-likeness (QED) is 0.825. The highest BCUT2D eigenvalue weighted by atomic mass is 32.2. The zero-order chi connectivity index (χ0) is 18.0. The highest BCUT2D eigenvalue weighted by Gasteiger charge is 2.35. The number of aromatic amines is 1. The minimum absolute atomic E-state index is 0.0831. The maximum atomic E-state index is 12.3. The van der Waals surface area contributed by atoms with Crippen LogP contribution in [0.25, 0.3) is 0 Å². The standard InChI is InChI=1S/C12H11F3N4O4S/c1-24(21,22)8-4-2-7(3-5-8)23-6-9(20)16-11-17-10(18-19-11)12(13,14)15/h2-5H,6H2,1H3,(H2,16,17,18,19,20). The van der Waals surface area contributed by atoms with E-state index < -0.39 is 40.3 Å². The van der Waals surface area contributed by atoms with Crippen molar-refractivity contribution in [2.45, 2.75) is 11.1 Å². The third-order valence-electron chi connectivity index (χ3n) is 2.63. The summed E-state index contributed by atoms with van der Waals surface area (Å²) in [4.78, 5) is 14.7. The number of H-pyrrole nitrogens is 1. The van der Waals surface area contributed by atoms with Gasteiger partial charge in [-0.3, -0.25) is 15.2 Å². The molecule has 2 N–H and O–H groups in total. The van der Waals surface area contributed by atoms with E-state index in [1.54, 1.807) is 5.10 Å². The fourth-order valence-corrected chi connectivity index (χ4v) is 2.17. The summed E-state index contributed by atoms with van der Waals surface area (Å²) in [7, 11) is -3.35. The molecule has 1 amide bonds. The second kappa shape index (κ2) is 6.47. The molecule has 2 aromatic rings. The first-order valence-corrected chi connectivity index (χ1v) is 8.17. The SMILES string of the molecule is CS(=O)(=O)c1ccc(OCC(=O)Nc2n[nH]c(C(F)(F)F)n2)cc1. The Labute approximate surface area is 134 Å². The van der Waals surface area contributed by atoms with Crippen molar-refractivity contribution in [3.63, 3.8) is 0 Å². The largest absolute Gasteiger partial charge is 0.484 e. The molecule has 0 aliphatic carbocycles. The molecule has 0 unspecified atom stereocenters. The normalized spacial score (nSPS) is 12.0. The summed E-state index contributed by atoms with van der Waals surface area (Å²) in [6.45, 7) is -0.520. The number of ether oxygens (including phenoxy) is 1. The van der Waals surface area contributed by atoms with Crippen LogP contribution in [0, 0.1) is 0 Å². The lowest BCUT2D eigenvalue weighted by Crippen LogP contribution is -2.21. The minimum Gasteiger partial charge on any atom is -0.484 e. The number of halogens is 3. The number of hydrogen-bond donors (Lipinski definition) is 2. The smallest absolute Gasteiger partial charge is 0.451 e. The third kappa shape index (κ3) is 4.68. The molecular weight excluding hydrogens is 353 g/mol. The molecule has 0 saturated heterocycles. The van der Waals surface area contributed by atoms with E-state index in [4.69, 9.17) is 4.74 Å². The van der Waals surface area contributed by atoms with Crippen molar-refractivity contribution in [2.75, 3.05) is 18.2 Å². The molecule has 24 heavy (non-hydrogen) atoms. The molecule has 0 bridgehead atoms. The van der Waals surface area contributed by atoms with Crippen LogP contribution in [0.5, 0.6) is 5.75 Å². The van der Waals surface area contributed by atoms with Crippen LogP contribution >= 0.6 is 0 Å². The first kappa shape index (κ1) is 17.7. The molecule has 130 valence electrons. The number of sulfone groups is 1. The van der Waals surface area contributed by atoms with E-state index >= 15 is 0 Å². The molecule has 12 heteroatoms. The van der Waals surface area contributed by atoms with Gasteiger partial charge in [-0.05, 0) is 24.3 Å². The van der Waals surface area contributed by atoms with Gasteiger partial charge in [0, 0.05) is 6.26 Å². The average molecular weight is 364 g/mol. The Kier molecular flexibility index (Phi) is 4.78. The zero-order valence-electron chi connectivity index (χ0n) is 12.1. The lowest BCUT2D eigenvalue weighted by molar-refractivity contribution is -0.144. The number of nitrogens with one attached hydrogen (secondary N) is 2. The van der Waals surface area contributed by atoms with E-state index in [0.29, 0.717) is 0 Å². The molecule has 0 radical (unpaired) electrons. The van der Waals surface area contributed by atoms with Gasteiger partial charge in [0.15, 0.2) is 16.4 Å². The summed E-state index contributed by atoms with van der Waals surface area (Å²) in [6.07, 6.45) is -3.66. The zero-order valence-corrected chi connectivity index (χ0v) is 12.9. The van der Waals surface area contributed by atoms with E-state index in [-0.39, 0.29) is 10.6 Å². The fourth-order valence-electron chi connectivity index (χ4n) is 1.54. The van der Waals surface area contributed by atoms with Gasteiger partial charge in [0.25, 0.3) is 5.91 Å². The summed E-state index contributed by atoms with van der Waals surface area (Å²) in [5.41, 5.74) is 0. The van der Waals surface area contributed by atoms with Gasteiger partial charge < -0.3 is 4.74 Å². The molecule has 0 atom stereocenters. The predicted octanol–water partition coefficient (Wildman–Crippen LogP) is 1.24. The summed E-state index contributed by atoms with van der Waals surface area (Å²) < 4.78 is 64.6. The molecule has 0 saturated carbocycles. The molecule has 1 aromatic heterocycles. The number of nitrogens with zero attached hydrogens (tertiary/aromatic N) is 2. The summed E-state index contributed by atoms with van der Waals surface area (Å²) in [5, 5.41) is 6.88. The number of hydrogen-bond acceptors (Lipinski definition) is 6. The number of benzene rings is 1. The molecule has 0 aliphatic rings. The molecule has 1 aromatic carbocycles. The van der Waals surface area contributed by atoms with Crippen molar-refractivity contribution in [2.24, 2.45) is 0 Å². The number of anilines is 1. The van der Waals surface area contributed by atoms with Crippen LogP contribution in [0.2, 0.25) is 0 Å². The fraction of sp³-hybridized carbons (Fsp3) is 0.250. The van der Waals surface area contributed by atoms with Gasteiger partial charge in [-0.15, -0.1) is 5.10 Å². The monoisotopic (exact) mass is 364 g/mol. The summed E-state index contributed by atoms with van der Waals surface area (Å²) in [6, 6.07) is 5.29. The Morgan fingerprint density at radius 2 is 1.92 bits per heavy atom. The van der Waals surface area contributed by atoms with Gasteiger partial charge in [0.2, 0.25) is 11.8 Å². The minimum atomic E-state index is -4.70. The molecule has 1 heterocycles. The van der Waals surface area contributed by atoms with Crippen molar-refractivity contribution in [3.05, 3.63) is 30.1 Å². The van der Waals surface area contributed by atoms with Crippen molar-refractivity contribution < 1.29 is 31.1 Å². The molecule has 0 fully saturated rings. The van der Waals surface area contributed by atoms with Gasteiger partial charge in [0.05, 0.1) is 4.90 Å². The van der Waals surface area contributed by atoms with Crippen LogP contribution in [0.15, 0.2) is 29.2 Å². The van der Waals surface area contributed by atoms with E-state index in [2.05, 4.69) is 10.1 Å². The first-order valence-electron chi connectivity index (χ1n) is 6.28. The lowest BCUT2D eigenvalue weighted by Gasteiger charge is -2.06. The van der Waals surface area contributed by atoms with Crippen LogP contribution in [-0.2, 0) is 20.8 Å². The molecular formula is C12H11F3N4O4S. The van der Waals surface area contributed by atoms with Gasteiger partial charge in [-0.25, -0.2) is 8.42 Å². The molecule has 8 nitrogen and oxygen atoms in total. The average Bonchev–Trinajstić information content (AvgIpc) is 2.93. The third-order valence-corrected chi connectivity index (χ3v) is 3.76. The number of rotatable bonds is 5. The summed E-state index contributed by atoms with van der Waals surface area (Å²) in [5.74, 6) is -2.45. The topological polar surface area (TPSA) is 114 Å². The molecule has 0 aliphatic heterocycles. The van der Waals surface area contributed by atoms with Gasteiger partial charge in [-0.1, -0.05) is 0 Å². The Balaban J connectivity index is 1.90. The number of amides is 1. The van der Waals surface area contributed by atoms with Crippen LogP contribution in [0.4, 0.5) is 19.1 Å². The second-order valence-electron chi connectivity index (χ2n) is 4.59. The number of aromatic nitrogens is 3. The van der Waals surface area contributed by atoms with Gasteiger partial charge in [-0.2, -0.15) is 18.2 Å². The van der Waals surface area contributed by atoms with Crippen molar-refractivity contribution in [3.8, 4) is 5.75 Å². The molecule has 2 rings (SSSR count). The van der Waals surface area contributed by atoms with E-state index in [1.165, 1.54) is 24.3 Å². The number of carbonyl (C=O) groups excluding carboxylic acids is 1. The predicted molar refractivity (Wildman–Crippen MR) is 75.1 cm³/mol. The Morgan fingerprint density at radius 3 is 2.42 bits per heavy atom. The molecule has 0 spiro atoms. The van der Waals surface area contributed by atoms with Crippen LogP contribution < -0.4 is 10.1 Å².